The number of carbonyl (C=O) groups excluding carboxylic acids is 1. The number of likely N-dealkylation sites (tertiary alicyclic amines) is 1. The highest BCUT2D eigenvalue weighted by Gasteiger charge is 2.47. The summed E-state index contributed by atoms with van der Waals surface area (Å²) < 4.78 is 0. The smallest absolute Gasteiger partial charge is 0.322 e. The summed E-state index contributed by atoms with van der Waals surface area (Å²) in [6.45, 7) is 3.37. The van der Waals surface area contributed by atoms with Crippen LogP contribution in [0.5, 0.6) is 0 Å². The Bertz CT molecular complexity index is 1430. The molecule has 4 heterocycles. The topological polar surface area (TPSA) is 85.2 Å². The van der Waals surface area contributed by atoms with Gasteiger partial charge in [-0.2, -0.15) is 5.26 Å². The van der Waals surface area contributed by atoms with Crippen LogP contribution in [0, 0.1) is 11.3 Å². The van der Waals surface area contributed by atoms with Crippen molar-refractivity contribution in [3.05, 3.63) is 92.5 Å². The van der Waals surface area contributed by atoms with Gasteiger partial charge in [0.25, 0.3) is 0 Å². The molecule has 1 aromatic carbocycles. The number of pyridine rings is 2. The Balaban J connectivity index is 1.27. The van der Waals surface area contributed by atoms with Gasteiger partial charge in [0.2, 0.25) is 0 Å². The molecular formula is C28H25Cl3N6O. The minimum Gasteiger partial charge on any atom is -0.334 e. The molecule has 1 saturated heterocycles. The number of carbonyl (C=O) groups is 1. The summed E-state index contributed by atoms with van der Waals surface area (Å²) in [5.41, 5.74) is 3.55. The maximum atomic E-state index is 13.3. The lowest BCUT2D eigenvalue weighted by atomic mass is 9.76. The van der Waals surface area contributed by atoms with Crippen LogP contribution in [-0.2, 0) is 12.0 Å². The molecule has 38 heavy (non-hydrogen) atoms. The number of hydrogen-bond acceptors (Lipinski definition) is 5. The Labute approximate surface area is 236 Å². The summed E-state index contributed by atoms with van der Waals surface area (Å²) in [6, 6.07) is 14.6. The number of piperidine rings is 1. The molecule has 1 spiro atoms. The van der Waals surface area contributed by atoms with Gasteiger partial charge in [0.15, 0.2) is 0 Å². The number of aromatic nitrogens is 2. The first-order valence-corrected chi connectivity index (χ1v) is 13.4. The molecule has 0 unspecified atom stereocenters. The van der Waals surface area contributed by atoms with Crippen LogP contribution in [-0.4, -0.2) is 47.1 Å². The van der Waals surface area contributed by atoms with Crippen LogP contribution in [0.2, 0.25) is 15.2 Å². The van der Waals surface area contributed by atoms with E-state index in [0.29, 0.717) is 34.0 Å². The van der Waals surface area contributed by atoms with E-state index < -0.39 is 0 Å². The molecule has 0 radical (unpaired) electrons. The van der Waals surface area contributed by atoms with E-state index in [-0.39, 0.29) is 11.4 Å². The van der Waals surface area contributed by atoms with E-state index in [4.69, 9.17) is 34.8 Å². The number of fused-ring (bicyclic) bond motifs is 2. The molecule has 2 aromatic heterocycles. The van der Waals surface area contributed by atoms with Crippen LogP contribution in [0.15, 0.2) is 54.7 Å². The van der Waals surface area contributed by atoms with Gasteiger partial charge in [-0.3, -0.25) is 9.80 Å². The van der Waals surface area contributed by atoms with Crippen LogP contribution in [0.3, 0.4) is 0 Å². The molecule has 0 bridgehead atoms. The highest BCUT2D eigenvalue weighted by molar-refractivity contribution is 6.42. The zero-order chi connectivity index (χ0) is 26.7. The first-order valence-electron chi connectivity index (χ1n) is 12.3. The van der Waals surface area contributed by atoms with Crippen molar-refractivity contribution in [1.82, 2.24) is 20.2 Å². The van der Waals surface area contributed by atoms with Crippen LogP contribution in [0.4, 0.5) is 10.5 Å². The second-order valence-corrected chi connectivity index (χ2v) is 10.8. The van der Waals surface area contributed by atoms with Crippen molar-refractivity contribution in [3.63, 3.8) is 0 Å². The largest absolute Gasteiger partial charge is 0.334 e. The summed E-state index contributed by atoms with van der Waals surface area (Å²) >= 11 is 18.1. The standard InChI is InChI=1S/C28H25Cl3N6O/c29-22-5-3-19(14-23(22)30)2-1-11-36-12-8-28(9-13-36)18-37(24-6-4-21(16-32)35-26(24)28)27(38)34-17-20-7-10-33-25(31)15-20/h1-7,10,14-15H,8-9,11-13,17-18H2,(H,34,38)/b2-1+. The minimum atomic E-state index is -0.288. The molecule has 194 valence electrons. The quantitative estimate of drug-likeness (QED) is 0.378. The number of urea groups is 1. The van der Waals surface area contributed by atoms with E-state index in [0.717, 1.165) is 55.0 Å². The van der Waals surface area contributed by atoms with E-state index in [1.165, 1.54) is 0 Å². The van der Waals surface area contributed by atoms with Crippen LogP contribution in [0.25, 0.3) is 6.08 Å². The second kappa shape index (κ2) is 11.3. The third-order valence-electron chi connectivity index (χ3n) is 7.15. The van der Waals surface area contributed by atoms with Gasteiger partial charge in [0.05, 0.1) is 21.4 Å². The van der Waals surface area contributed by atoms with Crippen LogP contribution >= 0.6 is 34.8 Å². The predicted molar refractivity (Wildman–Crippen MR) is 151 cm³/mol. The number of halogens is 3. The molecule has 7 nitrogen and oxygen atoms in total. The average molecular weight is 568 g/mol. The molecule has 0 saturated carbocycles. The van der Waals surface area contributed by atoms with Crippen molar-refractivity contribution in [1.29, 1.82) is 5.26 Å². The van der Waals surface area contributed by atoms with Crippen LogP contribution in [0.1, 0.15) is 35.4 Å². The maximum Gasteiger partial charge on any atom is 0.322 e. The molecule has 1 fully saturated rings. The second-order valence-electron chi connectivity index (χ2n) is 9.56. The first kappa shape index (κ1) is 26.5. The Kier molecular flexibility index (Phi) is 7.87. The lowest BCUT2D eigenvalue weighted by Gasteiger charge is -2.38. The van der Waals surface area contributed by atoms with E-state index in [1.807, 2.05) is 30.3 Å². The van der Waals surface area contributed by atoms with Crippen molar-refractivity contribution in [2.45, 2.75) is 24.8 Å². The lowest BCUT2D eigenvalue weighted by molar-refractivity contribution is 0.177. The van der Waals surface area contributed by atoms with Gasteiger partial charge in [-0.1, -0.05) is 53.0 Å². The Morgan fingerprint density at radius 2 is 1.92 bits per heavy atom. The van der Waals surface area contributed by atoms with Crippen LogP contribution < -0.4 is 10.2 Å². The van der Waals surface area contributed by atoms with Gasteiger partial charge in [-0.05, 0) is 73.5 Å². The Morgan fingerprint density at radius 3 is 2.66 bits per heavy atom. The normalized spacial score (nSPS) is 16.5. The fourth-order valence-electron chi connectivity index (χ4n) is 5.10. The minimum absolute atomic E-state index is 0.199. The number of rotatable bonds is 5. The molecule has 2 aliphatic heterocycles. The highest BCUT2D eigenvalue weighted by atomic mass is 35.5. The molecule has 1 N–H and O–H groups in total. The summed E-state index contributed by atoms with van der Waals surface area (Å²) in [5, 5.41) is 13.9. The maximum absolute atomic E-state index is 13.3. The van der Waals surface area contributed by atoms with Gasteiger partial charge in [0.1, 0.15) is 16.9 Å². The number of nitrogens with one attached hydrogen (secondary N) is 1. The number of amides is 2. The number of hydrogen-bond donors (Lipinski definition) is 1. The number of nitrogens with zero attached hydrogens (tertiary/aromatic N) is 5. The van der Waals surface area contributed by atoms with Gasteiger partial charge < -0.3 is 5.32 Å². The van der Waals surface area contributed by atoms with Gasteiger partial charge in [-0.15, -0.1) is 0 Å². The molecule has 10 heteroatoms. The van der Waals surface area contributed by atoms with Crippen molar-refractivity contribution >= 4 is 52.6 Å². The third kappa shape index (κ3) is 5.64. The van der Waals surface area contributed by atoms with Crippen molar-refractivity contribution in [3.8, 4) is 6.07 Å². The van der Waals surface area contributed by atoms with E-state index >= 15 is 0 Å². The summed E-state index contributed by atoms with van der Waals surface area (Å²) in [6.07, 6.45) is 7.46. The fourth-order valence-corrected chi connectivity index (χ4v) is 5.61. The van der Waals surface area contributed by atoms with Crippen molar-refractivity contribution < 1.29 is 4.79 Å². The number of benzene rings is 1. The van der Waals surface area contributed by atoms with E-state index in [9.17, 15) is 10.1 Å². The third-order valence-corrected chi connectivity index (χ3v) is 8.10. The van der Waals surface area contributed by atoms with Gasteiger partial charge in [0, 0.05) is 31.2 Å². The number of nitriles is 1. The molecule has 0 aliphatic carbocycles. The molecule has 3 aromatic rings. The van der Waals surface area contributed by atoms with Gasteiger partial charge >= 0.3 is 6.03 Å². The highest BCUT2D eigenvalue weighted by Crippen LogP contribution is 2.46. The van der Waals surface area contributed by atoms with E-state index in [1.54, 1.807) is 29.3 Å². The molecule has 2 aliphatic rings. The summed E-state index contributed by atoms with van der Waals surface area (Å²) in [4.78, 5) is 26.1. The molecule has 0 atom stereocenters. The molecular weight excluding hydrogens is 543 g/mol. The molecule has 2 amide bonds. The van der Waals surface area contributed by atoms with Crippen molar-refractivity contribution in [2.24, 2.45) is 0 Å². The summed E-state index contributed by atoms with van der Waals surface area (Å²) in [5.74, 6) is 0. The summed E-state index contributed by atoms with van der Waals surface area (Å²) in [7, 11) is 0. The first-order chi connectivity index (χ1) is 18.4. The fraction of sp³-hybridized carbons (Fsp3) is 0.286. The predicted octanol–water partition coefficient (Wildman–Crippen LogP) is 6.09. The SMILES string of the molecule is N#Cc1ccc2c(n1)C1(CCN(C/C=C/c3ccc(Cl)c(Cl)c3)CC1)CN2C(=O)NCc1ccnc(Cl)c1. The van der Waals surface area contributed by atoms with E-state index in [2.05, 4.69) is 32.3 Å². The average Bonchev–Trinajstić information content (AvgIpc) is 3.23. The zero-order valence-electron chi connectivity index (χ0n) is 20.5. The Hall–Kier alpha value is -3.15. The monoisotopic (exact) mass is 566 g/mol. The van der Waals surface area contributed by atoms with Crippen molar-refractivity contribution in [2.75, 3.05) is 31.1 Å². The Morgan fingerprint density at radius 1 is 1.11 bits per heavy atom. The lowest BCUT2D eigenvalue weighted by Crippen LogP contribution is -2.47. The number of anilines is 1. The molecule has 5 rings (SSSR count). The zero-order valence-corrected chi connectivity index (χ0v) is 22.8. The van der Waals surface area contributed by atoms with Gasteiger partial charge in [-0.25, -0.2) is 14.8 Å².